The molecule has 0 N–H and O–H groups in total. The Kier molecular flexibility index (Phi) is 3.62. The predicted octanol–water partition coefficient (Wildman–Crippen LogP) is 2.39. The van der Waals surface area contributed by atoms with Crippen molar-refractivity contribution in [1.82, 2.24) is 0 Å². The van der Waals surface area contributed by atoms with Gasteiger partial charge in [0, 0.05) is 12.5 Å². The monoisotopic (exact) mass is 226 g/mol. The van der Waals surface area contributed by atoms with Gasteiger partial charge < -0.3 is 14.2 Å². The maximum Gasteiger partial charge on any atom is 0.165 e. The molecule has 1 atom stereocenters. The fourth-order valence-electron chi connectivity index (χ4n) is 1.62. The van der Waals surface area contributed by atoms with Gasteiger partial charge in [0.05, 0.1) is 19.8 Å². The van der Waals surface area contributed by atoms with E-state index in [0.717, 1.165) is 6.42 Å². The van der Waals surface area contributed by atoms with Crippen molar-refractivity contribution in [2.75, 3.05) is 19.8 Å². The molecule has 0 amide bonds. The van der Waals surface area contributed by atoms with Crippen LogP contribution in [0.4, 0.5) is 4.39 Å². The van der Waals surface area contributed by atoms with Gasteiger partial charge in [-0.3, -0.25) is 0 Å². The molecule has 0 unspecified atom stereocenters. The number of benzene rings is 1. The molecule has 0 radical (unpaired) electrons. The second-order valence-corrected chi connectivity index (χ2v) is 3.63. The Morgan fingerprint density at radius 2 is 2.38 bits per heavy atom. The molecule has 0 saturated carbocycles. The third-order valence-corrected chi connectivity index (χ3v) is 2.40. The van der Waals surface area contributed by atoms with E-state index < -0.39 is 0 Å². The minimum Gasteiger partial charge on any atom is -0.494 e. The first-order valence-electron chi connectivity index (χ1n) is 5.46. The average molecular weight is 226 g/mol. The van der Waals surface area contributed by atoms with Crippen molar-refractivity contribution in [2.24, 2.45) is 0 Å². The fourth-order valence-corrected chi connectivity index (χ4v) is 1.62. The predicted molar refractivity (Wildman–Crippen MR) is 57.4 cm³/mol. The van der Waals surface area contributed by atoms with Gasteiger partial charge >= 0.3 is 0 Å². The molecule has 1 aromatic rings. The van der Waals surface area contributed by atoms with Crippen LogP contribution in [0, 0.1) is 5.82 Å². The summed E-state index contributed by atoms with van der Waals surface area (Å²) in [4.78, 5) is 0. The van der Waals surface area contributed by atoms with E-state index in [4.69, 9.17) is 14.2 Å². The number of halogens is 1. The topological polar surface area (TPSA) is 27.7 Å². The number of hydrogen-bond donors (Lipinski definition) is 0. The molecule has 1 aliphatic rings. The molecule has 1 aliphatic heterocycles. The quantitative estimate of drug-likeness (QED) is 0.789. The van der Waals surface area contributed by atoms with Gasteiger partial charge in [-0.1, -0.05) is 0 Å². The molecule has 1 fully saturated rings. The normalized spacial score (nSPS) is 19.8. The first-order chi connectivity index (χ1) is 7.79. The van der Waals surface area contributed by atoms with E-state index in [9.17, 15) is 4.39 Å². The zero-order valence-corrected chi connectivity index (χ0v) is 9.24. The van der Waals surface area contributed by atoms with Crippen molar-refractivity contribution >= 4 is 0 Å². The van der Waals surface area contributed by atoms with Crippen LogP contribution in [-0.4, -0.2) is 25.9 Å². The van der Waals surface area contributed by atoms with Crippen LogP contribution in [0.25, 0.3) is 0 Å². The Bertz CT molecular complexity index is 348. The number of rotatable bonds is 4. The SMILES string of the molecule is CCOc1ccc(F)c(O[C@@H]2CCOC2)c1. The van der Waals surface area contributed by atoms with Gasteiger partial charge in [0.25, 0.3) is 0 Å². The summed E-state index contributed by atoms with van der Waals surface area (Å²) < 4.78 is 29.4. The number of ether oxygens (including phenoxy) is 3. The minimum absolute atomic E-state index is 0.0497. The third-order valence-electron chi connectivity index (χ3n) is 2.40. The highest BCUT2D eigenvalue weighted by atomic mass is 19.1. The summed E-state index contributed by atoms with van der Waals surface area (Å²) in [6.45, 7) is 3.64. The summed E-state index contributed by atoms with van der Waals surface area (Å²) in [6, 6.07) is 4.53. The molecule has 2 rings (SSSR count). The lowest BCUT2D eigenvalue weighted by molar-refractivity contribution is 0.138. The summed E-state index contributed by atoms with van der Waals surface area (Å²) >= 11 is 0. The summed E-state index contributed by atoms with van der Waals surface area (Å²) in [5, 5.41) is 0. The van der Waals surface area contributed by atoms with E-state index in [1.165, 1.54) is 6.07 Å². The lowest BCUT2D eigenvalue weighted by Crippen LogP contribution is -2.16. The minimum atomic E-state index is -0.365. The van der Waals surface area contributed by atoms with Crippen molar-refractivity contribution in [3.05, 3.63) is 24.0 Å². The lowest BCUT2D eigenvalue weighted by atomic mass is 10.3. The molecule has 0 aliphatic carbocycles. The van der Waals surface area contributed by atoms with Gasteiger partial charge in [-0.05, 0) is 19.1 Å². The van der Waals surface area contributed by atoms with Crippen molar-refractivity contribution in [3.8, 4) is 11.5 Å². The lowest BCUT2D eigenvalue weighted by Gasteiger charge is -2.13. The van der Waals surface area contributed by atoms with Gasteiger partial charge in [-0.25, -0.2) is 4.39 Å². The average Bonchev–Trinajstić information content (AvgIpc) is 2.76. The van der Waals surface area contributed by atoms with Gasteiger partial charge in [0.2, 0.25) is 0 Å². The second-order valence-electron chi connectivity index (χ2n) is 3.63. The van der Waals surface area contributed by atoms with Gasteiger partial charge in [-0.2, -0.15) is 0 Å². The van der Waals surface area contributed by atoms with E-state index in [1.54, 1.807) is 12.1 Å². The Morgan fingerprint density at radius 3 is 3.06 bits per heavy atom. The Balaban J connectivity index is 2.08. The molecule has 88 valence electrons. The van der Waals surface area contributed by atoms with Crippen LogP contribution in [0.3, 0.4) is 0 Å². The van der Waals surface area contributed by atoms with Crippen LogP contribution in [0.2, 0.25) is 0 Å². The highest BCUT2D eigenvalue weighted by Gasteiger charge is 2.19. The highest BCUT2D eigenvalue weighted by molar-refractivity contribution is 5.34. The van der Waals surface area contributed by atoms with Gasteiger partial charge in [0.15, 0.2) is 11.6 Å². The van der Waals surface area contributed by atoms with Crippen LogP contribution < -0.4 is 9.47 Å². The van der Waals surface area contributed by atoms with Gasteiger partial charge in [0.1, 0.15) is 11.9 Å². The van der Waals surface area contributed by atoms with Gasteiger partial charge in [-0.15, -0.1) is 0 Å². The zero-order valence-electron chi connectivity index (χ0n) is 9.24. The van der Waals surface area contributed by atoms with E-state index in [1.807, 2.05) is 6.92 Å². The molecule has 3 nitrogen and oxygen atoms in total. The zero-order chi connectivity index (χ0) is 11.4. The largest absolute Gasteiger partial charge is 0.494 e. The van der Waals surface area contributed by atoms with Crippen LogP contribution >= 0.6 is 0 Å². The van der Waals surface area contributed by atoms with Crippen LogP contribution in [0.1, 0.15) is 13.3 Å². The molecule has 0 aromatic heterocycles. The second kappa shape index (κ2) is 5.16. The summed E-state index contributed by atoms with van der Waals surface area (Å²) in [6.07, 6.45) is 0.754. The number of hydrogen-bond acceptors (Lipinski definition) is 3. The first-order valence-corrected chi connectivity index (χ1v) is 5.46. The van der Waals surface area contributed by atoms with E-state index in [0.29, 0.717) is 25.6 Å². The molecule has 0 bridgehead atoms. The van der Waals surface area contributed by atoms with Crippen molar-refractivity contribution in [3.63, 3.8) is 0 Å². The maximum absolute atomic E-state index is 13.4. The molecule has 4 heteroatoms. The van der Waals surface area contributed by atoms with E-state index in [-0.39, 0.29) is 17.7 Å². The summed E-state index contributed by atoms with van der Waals surface area (Å²) in [5.74, 6) is 0.495. The first kappa shape index (κ1) is 11.2. The van der Waals surface area contributed by atoms with E-state index in [2.05, 4.69) is 0 Å². The smallest absolute Gasteiger partial charge is 0.165 e. The molecular formula is C12H15FO3. The Morgan fingerprint density at radius 1 is 1.50 bits per heavy atom. The molecule has 1 saturated heterocycles. The molecular weight excluding hydrogens is 211 g/mol. The Labute approximate surface area is 94.1 Å². The fraction of sp³-hybridized carbons (Fsp3) is 0.500. The molecule has 0 spiro atoms. The van der Waals surface area contributed by atoms with Crippen molar-refractivity contribution in [2.45, 2.75) is 19.4 Å². The molecule has 16 heavy (non-hydrogen) atoms. The standard InChI is InChI=1S/C12H15FO3/c1-2-15-9-3-4-11(13)12(7-9)16-10-5-6-14-8-10/h3-4,7,10H,2,5-6,8H2,1H3/t10-/m1/s1. The van der Waals surface area contributed by atoms with Crippen LogP contribution in [0.15, 0.2) is 18.2 Å². The summed E-state index contributed by atoms with van der Waals surface area (Å²) in [5.41, 5.74) is 0. The van der Waals surface area contributed by atoms with Crippen LogP contribution in [0.5, 0.6) is 11.5 Å². The highest BCUT2D eigenvalue weighted by Crippen LogP contribution is 2.25. The Hall–Kier alpha value is -1.29. The van der Waals surface area contributed by atoms with Crippen molar-refractivity contribution < 1.29 is 18.6 Å². The van der Waals surface area contributed by atoms with Crippen molar-refractivity contribution in [1.29, 1.82) is 0 Å². The third kappa shape index (κ3) is 2.64. The van der Waals surface area contributed by atoms with E-state index >= 15 is 0 Å². The maximum atomic E-state index is 13.4. The molecule has 1 aromatic carbocycles. The van der Waals surface area contributed by atoms with Crippen LogP contribution in [-0.2, 0) is 4.74 Å². The summed E-state index contributed by atoms with van der Waals surface area (Å²) in [7, 11) is 0. The molecule has 1 heterocycles.